The van der Waals surface area contributed by atoms with E-state index in [2.05, 4.69) is 17.4 Å². The minimum Gasteiger partial charge on any atom is -0.493 e. The van der Waals surface area contributed by atoms with E-state index in [0.717, 1.165) is 36.6 Å². The number of nitrogens with two attached hydrogens (primary N) is 1. The van der Waals surface area contributed by atoms with Crippen molar-refractivity contribution < 1.29 is 9.53 Å². The summed E-state index contributed by atoms with van der Waals surface area (Å²) in [5, 5.41) is 3.38. The standard InChI is InChI=1S/C17H18N2O2/c18-17(20)10-12-1-4-15(5-2-12)19-11-13-3-6-16-14(9-13)7-8-21-16/h1-6,9,19H,7-8,10-11H2,(H2,18,20). The lowest BCUT2D eigenvalue weighted by Crippen LogP contribution is -2.13. The Balaban J connectivity index is 1.61. The van der Waals surface area contributed by atoms with Crippen molar-refractivity contribution in [3.63, 3.8) is 0 Å². The number of benzene rings is 2. The van der Waals surface area contributed by atoms with E-state index < -0.39 is 0 Å². The van der Waals surface area contributed by atoms with Gasteiger partial charge >= 0.3 is 0 Å². The van der Waals surface area contributed by atoms with Crippen LogP contribution in [-0.4, -0.2) is 12.5 Å². The van der Waals surface area contributed by atoms with Gasteiger partial charge in [0.15, 0.2) is 0 Å². The summed E-state index contributed by atoms with van der Waals surface area (Å²) in [7, 11) is 0. The molecule has 3 rings (SSSR count). The minimum absolute atomic E-state index is 0.283. The molecule has 21 heavy (non-hydrogen) atoms. The largest absolute Gasteiger partial charge is 0.493 e. The Morgan fingerprint density at radius 2 is 1.90 bits per heavy atom. The van der Waals surface area contributed by atoms with Crippen LogP contribution in [0.1, 0.15) is 16.7 Å². The number of anilines is 1. The molecule has 1 amide bonds. The van der Waals surface area contributed by atoms with Crippen molar-refractivity contribution in [3.8, 4) is 5.75 Å². The zero-order chi connectivity index (χ0) is 14.7. The van der Waals surface area contributed by atoms with Crippen molar-refractivity contribution in [2.75, 3.05) is 11.9 Å². The molecule has 3 N–H and O–H groups in total. The number of carbonyl (C=O) groups excluding carboxylic acids is 1. The van der Waals surface area contributed by atoms with Crippen molar-refractivity contribution in [2.45, 2.75) is 19.4 Å². The summed E-state index contributed by atoms with van der Waals surface area (Å²) >= 11 is 0. The third kappa shape index (κ3) is 3.34. The van der Waals surface area contributed by atoms with Gasteiger partial charge in [0.05, 0.1) is 13.0 Å². The van der Waals surface area contributed by atoms with Crippen molar-refractivity contribution in [1.82, 2.24) is 0 Å². The molecular weight excluding hydrogens is 264 g/mol. The van der Waals surface area contributed by atoms with E-state index in [1.54, 1.807) is 0 Å². The molecule has 4 heteroatoms. The molecule has 1 heterocycles. The maximum atomic E-state index is 10.9. The Morgan fingerprint density at radius 1 is 1.14 bits per heavy atom. The lowest BCUT2D eigenvalue weighted by Gasteiger charge is -2.08. The average molecular weight is 282 g/mol. The summed E-state index contributed by atoms with van der Waals surface area (Å²) in [6.07, 6.45) is 1.27. The van der Waals surface area contributed by atoms with Gasteiger partial charge in [0.2, 0.25) is 5.91 Å². The number of primary amides is 1. The molecule has 108 valence electrons. The first-order valence-corrected chi connectivity index (χ1v) is 7.06. The number of carbonyl (C=O) groups is 1. The molecular formula is C17H18N2O2. The van der Waals surface area contributed by atoms with E-state index >= 15 is 0 Å². The Kier molecular flexibility index (Phi) is 3.77. The number of rotatable bonds is 5. The highest BCUT2D eigenvalue weighted by molar-refractivity contribution is 5.76. The van der Waals surface area contributed by atoms with E-state index in [1.165, 1.54) is 11.1 Å². The maximum Gasteiger partial charge on any atom is 0.221 e. The van der Waals surface area contributed by atoms with Gasteiger partial charge in [0.25, 0.3) is 0 Å². The van der Waals surface area contributed by atoms with Crippen LogP contribution in [0.3, 0.4) is 0 Å². The van der Waals surface area contributed by atoms with E-state index in [-0.39, 0.29) is 12.3 Å². The summed E-state index contributed by atoms with van der Waals surface area (Å²) < 4.78 is 5.50. The second-order valence-electron chi connectivity index (χ2n) is 5.23. The topological polar surface area (TPSA) is 64.4 Å². The Bertz CT molecular complexity index is 650. The molecule has 0 fully saturated rings. The zero-order valence-electron chi connectivity index (χ0n) is 11.8. The fraction of sp³-hybridized carbons (Fsp3) is 0.235. The van der Waals surface area contributed by atoms with Crippen LogP contribution < -0.4 is 15.8 Å². The van der Waals surface area contributed by atoms with Crippen LogP contribution in [0.15, 0.2) is 42.5 Å². The van der Waals surface area contributed by atoms with Crippen molar-refractivity contribution in [1.29, 1.82) is 0 Å². The van der Waals surface area contributed by atoms with E-state index in [0.29, 0.717) is 0 Å². The number of fused-ring (bicyclic) bond motifs is 1. The maximum absolute atomic E-state index is 10.9. The lowest BCUT2D eigenvalue weighted by atomic mass is 10.1. The third-order valence-electron chi connectivity index (χ3n) is 3.58. The van der Waals surface area contributed by atoms with E-state index in [9.17, 15) is 4.79 Å². The summed E-state index contributed by atoms with van der Waals surface area (Å²) in [4.78, 5) is 10.9. The van der Waals surface area contributed by atoms with Crippen LogP contribution in [0.2, 0.25) is 0 Å². The van der Waals surface area contributed by atoms with Gasteiger partial charge < -0.3 is 15.8 Å². The van der Waals surface area contributed by atoms with Crippen molar-refractivity contribution >= 4 is 11.6 Å². The van der Waals surface area contributed by atoms with Crippen molar-refractivity contribution in [2.24, 2.45) is 5.73 Å². The first-order valence-electron chi connectivity index (χ1n) is 7.06. The predicted octanol–water partition coefficient (Wildman–Crippen LogP) is 2.26. The van der Waals surface area contributed by atoms with Crippen LogP contribution >= 0.6 is 0 Å². The van der Waals surface area contributed by atoms with Gasteiger partial charge in [-0.2, -0.15) is 0 Å². The van der Waals surface area contributed by atoms with Gasteiger partial charge in [0, 0.05) is 18.7 Å². The SMILES string of the molecule is NC(=O)Cc1ccc(NCc2ccc3c(c2)CCO3)cc1. The molecule has 0 saturated carbocycles. The number of amides is 1. The van der Waals surface area contributed by atoms with Gasteiger partial charge in [-0.05, 0) is 34.9 Å². The highest BCUT2D eigenvalue weighted by Gasteiger charge is 2.11. The van der Waals surface area contributed by atoms with Crippen LogP contribution in [-0.2, 0) is 24.2 Å². The molecule has 0 saturated heterocycles. The fourth-order valence-electron chi connectivity index (χ4n) is 2.50. The van der Waals surface area contributed by atoms with Crippen LogP contribution in [0, 0.1) is 0 Å². The molecule has 0 radical (unpaired) electrons. The number of hydrogen-bond donors (Lipinski definition) is 2. The molecule has 1 aliphatic heterocycles. The number of nitrogens with one attached hydrogen (secondary N) is 1. The lowest BCUT2D eigenvalue weighted by molar-refractivity contribution is -0.117. The molecule has 0 spiro atoms. The summed E-state index contributed by atoms with van der Waals surface area (Å²) in [5.41, 5.74) is 9.66. The minimum atomic E-state index is -0.309. The molecule has 0 aliphatic carbocycles. The zero-order valence-corrected chi connectivity index (χ0v) is 11.8. The highest BCUT2D eigenvalue weighted by Crippen LogP contribution is 2.26. The third-order valence-corrected chi connectivity index (χ3v) is 3.58. The second kappa shape index (κ2) is 5.87. The predicted molar refractivity (Wildman–Crippen MR) is 82.3 cm³/mol. The molecule has 0 aromatic heterocycles. The van der Waals surface area contributed by atoms with Crippen molar-refractivity contribution in [3.05, 3.63) is 59.2 Å². The van der Waals surface area contributed by atoms with Gasteiger partial charge in [0.1, 0.15) is 5.75 Å². The molecule has 0 atom stereocenters. The van der Waals surface area contributed by atoms with E-state index in [1.807, 2.05) is 30.3 Å². The Morgan fingerprint density at radius 3 is 2.67 bits per heavy atom. The molecule has 0 bridgehead atoms. The highest BCUT2D eigenvalue weighted by atomic mass is 16.5. The van der Waals surface area contributed by atoms with Crippen LogP contribution in [0.5, 0.6) is 5.75 Å². The van der Waals surface area contributed by atoms with Gasteiger partial charge in [-0.25, -0.2) is 0 Å². The first-order chi connectivity index (χ1) is 10.2. The molecule has 1 aliphatic rings. The number of hydrogen-bond acceptors (Lipinski definition) is 3. The first kappa shape index (κ1) is 13.5. The monoisotopic (exact) mass is 282 g/mol. The normalized spacial score (nSPS) is 12.6. The van der Waals surface area contributed by atoms with Crippen LogP contribution in [0.4, 0.5) is 5.69 Å². The fourth-order valence-corrected chi connectivity index (χ4v) is 2.50. The summed E-state index contributed by atoms with van der Waals surface area (Å²) in [5.74, 6) is 0.700. The number of ether oxygens (including phenoxy) is 1. The van der Waals surface area contributed by atoms with Gasteiger partial charge in [-0.3, -0.25) is 4.79 Å². The van der Waals surface area contributed by atoms with Gasteiger partial charge in [-0.1, -0.05) is 24.3 Å². The second-order valence-corrected chi connectivity index (χ2v) is 5.23. The Hall–Kier alpha value is -2.49. The quantitative estimate of drug-likeness (QED) is 0.884. The van der Waals surface area contributed by atoms with Gasteiger partial charge in [-0.15, -0.1) is 0 Å². The Labute approximate surface area is 123 Å². The molecule has 2 aromatic rings. The average Bonchev–Trinajstić information content (AvgIpc) is 2.93. The summed E-state index contributed by atoms with van der Waals surface area (Å²) in [6.45, 7) is 1.55. The summed E-state index contributed by atoms with van der Waals surface area (Å²) in [6, 6.07) is 14.1. The molecule has 0 unspecified atom stereocenters. The van der Waals surface area contributed by atoms with E-state index in [4.69, 9.17) is 10.5 Å². The van der Waals surface area contributed by atoms with Crippen LogP contribution in [0.25, 0.3) is 0 Å². The molecule has 4 nitrogen and oxygen atoms in total. The molecule has 2 aromatic carbocycles. The smallest absolute Gasteiger partial charge is 0.221 e.